The monoisotopic (exact) mass is 209 g/mol. The number of amides is 1. The van der Waals surface area contributed by atoms with Crippen LogP contribution < -0.4 is 10.6 Å². The van der Waals surface area contributed by atoms with E-state index in [1.165, 1.54) is 12.4 Å². The van der Waals surface area contributed by atoms with E-state index in [9.17, 15) is 4.79 Å². The average Bonchev–Trinajstić information content (AvgIpc) is 2.15. The van der Waals surface area contributed by atoms with Crippen LogP contribution in [0.25, 0.3) is 0 Å². The summed E-state index contributed by atoms with van der Waals surface area (Å²) < 4.78 is 0. The Morgan fingerprint density at radius 1 is 1.40 bits per heavy atom. The first kappa shape index (κ1) is 11.5. The molecule has 0 unspecified atom stereocenters. The molecule has 15 heavy (non-hydrogen) atoms. The Morgan fingerprint density at radius 3 is 2.67 bits per heavy atom. The highest BCUT2D eigenvalue weighted by atomic mass is 16.2. The predicted molar refractivity (Wildman–Crippen MR) is 56.2 cm³/mol. The van der Waals surface area contributed by atoms with E-state index in [2.05, 4.69) is 25.8 Å². The number of anilines is 1. The first-order valence-electron chi connectivity index (χ1n) is 4.66. The molecular weight excluding hydrogens is 194 g/mol. The van der Waals surface area contributed by atoms with Crippen LogP contribution in [0.2, 0.25) is 0 Å². The second-order valence-corrected chi connectivity index (χ2v) is 4.12. The average molecular weight is 209 g/mol. The van der Waals surface area contributed by atoms with Crippen LogP contribution in [0, 0.1) is 0 Å². The fraction of sp³-hybridized carbons (Fsp3) is 0.556. The molecule has 0 fully saturated rings. The van der Waals surface area contributed by atoms with Gasteiger partial charge in [-0.3, -0.25) is 10.1 Å². The van der Waals surface area contributed by atoms with Crippen LogP contribution in [0.1, 0.15) is 20.8 Å². The summed E-state index contributed by atoms with van der Waals surface area (Å²) in [5.74, 6) is 0.0381. The molecule has 1 aromatic rings. The Labute approximate surface area is 88.5 Å². The molecule has 1 amide bonds. The zero-order valence-corrected chi connectivity index (χ0v) is 9.11. The lowest BCUT2D eigenvalue weighted by Gasteiger charge is -2.19. The maximum Gasteiger partial charge on any atom is 0.249 e. The van der Waals surface area contributed by atoms with Gasteiger partial charge in [0, 0.05) is 5.54 Å². The third-order valence-corrected chi connectivity index (χ3v) is 1.51. The van der Waals surface area contributed by atoms with E-state index in [1.807, 2.05) is 20.8 Å². The van der Waals surface area contributed by atoms with Crippen LogP contribution in [0.4, 0.5) is 5.95 Å². The highest BCUT2D eigenvalue weighted by molar-refractivity contribution is 5.90. The van der Waals surface area contributed by atoms with Crippen molar-refractivity contribution in [3.8, 4) is 0 Å². The van der Waals surface area contributed by atoms with Gasteiger partial charge in [0.1, 0.15) is 0 Å². The first-order chi connectivity index (χ1) is 6.97. The lowest BCUT2D eigenvalue weighted by molar-refractivity contribution is -0.115. The molecule has 1 rings (SSSR count). The molecule has 6 heteroatoms. The molecule has 0 aromatic carbocycles. The van der Waals surface area contributed by atoms with Crippen LogP contribution in [-0.2, 0) is 4.79 Å². The molecule has 0 spiro atoms. The number of nitrogens with one attached hydrogen (secondary N) is 2. The lowest BCUT2D eigenvalue weighted by Crippen LogP contribution is -2.41. The van der Waals surface area contributed by atoms with Crippen LogP contribution in [0.5, 0.6) is 0 Å². The number of hydrogen-bond donors (Lipinski definition) is 2. The molecule has 1 aromatic heterocycles. The van der Waals surface area contributed by atoms with Crippen molar-refractivity contribution in [2.24, 2.45) is 0 Å². The molecule has 0 aliphatic heterocycles. The van der Waals surface area contributed by atoms with Crippen LogP contribution in [-0.4, -0.2) is 33.2 Å². The number of hydrogen-bond acceptors (Lipinski definition) is 5. The Bertz CT molecular complexity index is 319. The quantitative estimate of drug-likeness (QED) is 0.743. The highest BCUT2D eigenvalue weighted by Gasteiger charge is 2.11. The van der Waals surface area contributed by atoms with E-state index in [-0.39, 0.29) is 23.9 Å². The molecule has 0 atom stereocenters. The van der Waals surface area contributed by atoms with Crippen molar-refractivity contribution in [1.82, 2.24) is 20.5 Å². The Hall–Kier alpha value is -1.56. The van der Waals surface area contributed by atoms with Crippen molar-refractivity contribution >= 4 is 11.9 Å². The summed E-state index contributed by atoms with van der Waals surface area (Å²) in [5, 5.41) is 12.8. The van der Waals surface area contributed by atoms with Gasteiger partial charge in [-0.2, -0.15) is 5.10 Å². The summed E-state index contributed by atoms with van der Waals surface area (Å²) in [6, 6.07) is 0. The summed E-state index contributed by atoms with van der Waals surface area (Å²) >= 11 is 0. The molecule has 0 aliphatic rings. The molecule has 2 N–H and O–H groups in total. The van der Waals surface area contributed by atoms with Crippen LogP contribution in [0.15, 0.2) is 12.4 Å². The number of nitrogens with zero attached hydrogens (tertiary/aromatic N) is 3. The van der Waals surface area contributed by atoms with E-state index < -0.39 is 0 Å². The molecule has 0 aliphatic carbocycles. The van der Waals surface area contributed by atoms with Crippen molar-refractivity contribution < 1.29 is 4.79 Å². The Morgan fingerprint density at radius 2 is 2.13 bits per heavy atom. The molecule has 1 heterocycles. The lowest BCUT2D eigenvalue weighted by atomic mass is 10.1. The first-order valence-corrected chi connectivity index (χ1v) is 4.66. The largest absolute Gasteiger partial charge is 0.304 e. The van der Waals surface area contributed by atoms with E-state index in [4.69, 9.17) is 0 Å². The van der Waals surface area contributed by atoms with Gasteiger partial charge in [-0.15, -0.1) is 5.10 Å². The van der Waals surface area contributed by atoms with Gasteiger partial charge in [0.05, 0.1) is 18.9 Å². The van der Waals surface area contributed by atoms with Crippen LogP contribution >= 0.6 is 0 Å². The summed E-state index contributed by atoms with van der Waals surface area (Å²) in [5.41, 5.74) is -0.0901. The fourth-order valence-electron chi connectivity index (χ4n) is 0.819. The SMILES string of the molecule is CC(C)(C)NCC(=O)Nc1nccnn1. The third kappa shape index (κ3) is 5.02. The van der Waals surface area contributed by atoms with Crippen molar-refractivity contribution in [3.05, 3.63) is 12.4 Å². The van der Waals surface area contributed by atoms with E-state index in [1.54, 1.807) is 0 Å². The number of carbonyl (C=O) groups excluding carboxylic acids is 1. The zero-order valence-electron chi connectivity index (χ0n) is 9.11. The summed E-state index contributed by atoms with van der Waals surface area (Å²) in [6.07, 6.45) is 2.92. The topological polar surface area (TPSA) is 79.8 Å². The number of rotatable bonds is 3. The molecule has 82 valence electrons. The third-order valence-electron chi connectivity index (χ3n) is 1.51. The fourth-order valence-corrected chi connectivity index (χ4v) is 0.819. The molecule has 0 radical (unpaired) electrons. The maximum absolute atomic E-state index is 11.4. The van der Waals surface area contributed by atoms with E-state index in [0.29, 0.717) is 0 Å². The zero-order chi connectivity index (χ0) is 11.3. The van der Waals surface area contributed by atoms with Gasteiger partial charge in [0.2, 0.25) is 11.9 Å². The summed E-state index contributed by atoms with van der Waals surface area (Å²) in [7, 11) is 0. The van der Waals surface area contributed by atoms with Gasteiger partial charge in [0.25, 0.3) is 0 Å². The Balaban J connectivity index is 2.38. The minimum absolute atomic E-state index is 0.0901. The van der Waals surface area contributed by atoms with Gasteiger partial charge in [-0.1, -0.05) is 0 Å². The normalized spacial score (nSPS) is 11.1. The summed E-state index contributed by atoms with van der Waals surface area (Å²) in [6.45, 7) is 6.18. The minimum Gasteiger partial charge on any atom is -0.304 e. The number of carbonyl (C=O) groups is 1. The molecule has 6 nitrogen and oxygen atoms in total. The number of aromatic nitrogens is 3. The molecule has 0 saturated heterocycles. The van der Waals surface area contributed by atoms with E-state index in [0.717, 1.165) is 0 Å². The Kier molecular flexibility index (Phi) is 3.68. The van der Waals surface area contributed by atoms with Gasteiger partial charge in [-0.25, -0.2) is 4.98 Å². The van der Waals surface area contributed by atoms with Gasteiger partial charge in [0.15, 0.2) is 0 Å². The second kappa shape index (κ2) is 4.79. The summed E-state index contributed by atoms with van der Waals surface area (Å²) in [4.78, 5) is 15.2. The highest BCUT2D eigenvalue weighted by Crippen LogP contribution is 1.97. The smallest absolute Gasteiger partial charge is 0.249 e. The standard InChI is InChI=1S/C9H15N5O/c1-9(2,3)11-6-7(15)13-8-10-4-5-12-14-8/h4-5,11H,6H2,1-3H3,(H,10,13,14,15). The van der Waals surface area contributed by atoms with Crippen molar-refractivity contribution in [3.63, 3.8) is 0 Å². The van der Waals surface area contributed by atoms with Crippen molar-refractivity contribution in [2.45, 2.75) is 26.3 Å². The van der Waals surface area contributed by atoms with Crippen LogP contribution in [0.3, 0.4) is 0 Å². The van der Waals surface area contributed by atoms with E-state index >= 15 is 0 Å². The van der Waals surface area contributed by atoms with Gasteiger partial charge < -0.3 is 5.32 Å². The van der Waals surface area contributed by atoms with Gasteiger partial charge in [-0.05, 0) is 20.8 Å². The second-order valence-electron chi connectivity index (χ2n) is 4.12. The maximum atomic E-state index is 11.4. The predicted octanol–water partition coefficient (Wildman–Crippen LogP) is 0.198. The molecular formula is C9H15N5O. The van der Waals surface area contributed by atoms with Crippen molar-refractivity contribution in [1.29, 1.82) is 0 Å². The minimum atomic E-state index is -0.182. The molecule has 0 bridgehead atoms. The molecule has 0 saturated carbocycles. The van der Waals surface area contributed by atoms with Crippen molar-refractivity contribution in [2.75, 3.05) is 11.9 Å². The van der Waals surface area contributed by atoms with Gasteiger partial charge >= 0.3 is 0 Å².